The van der Waals surface area contributed by atoms with Crippen LogP contribution in [0.25, 0.3) is 0 Å². The summed E-state index contributed by atoms with van der Waals surface area (Å²) >= 11 is 0. The van der Waals surface area contributed by atoms with Crippen LogP contribution >= 0.6 is 24.0 Å². The number of nitrogens with zero attached hydrogens (tertiary/aromatic N) is 1. The van der Waals surface area contributed by atoms with E-state index in [4.69, 9.17) is 9.47 Å². The van der Waals surface area contributed by atoms with Gasteiger partial charge in [0.25, 0.3) is 0 Å². The SMILES string of the molecule is CCNC(=NCCc1c(F)cccc1F)Nc1ccc(OC)c(OC)c1.I. The Labute approximate surface area is 175 Å². The Morgan fingerprint density at radius 1 is 1.04 bits per heavy atom. The van der Waals surface area contributed by atoms with Crippen molar-refractivity contribution in [3.63, 3.8) is 0 Å². The number of hydrogen-bond acceptors (Lipinski definition) is 3. The van der Waals surface area contributed by atoms with Crippen LogP contribution < -0.4 is 20.1 Å². The Morgan fingerprint density at radius 3 is 2.30 bits per heavy atom. The average molecular weight is 491 g/mol. The number of halogens is 3. The maximum atomic E-state index is 13.7. The van der Waals surface area contributed by atoms with Gasteiger partial charge in [-0.1, -0.05) is 6.07 Å². The third-order valence-electron chi connectivity index (χ3n) is 3.68. The molecule has 0 heterocycles. The minimum absolute atomic E-state index is 0. The molecule has 2 N–H and O–H groups in total. The number of rotatable bonds is 7. The Morgan fingerprint density at radius 2 is 1.70 bits per heavy atom. The molecule has 0 bridgehead atoms. The van der Waals surface area contributed by atoms with E-state index in [1.807, 2.05) is 13.0 Å². The van der Waals surface area contributed by atoms with Gasteiger partial charge in [-0.2, -0.15) is 0 Å². The lowest BCUT2D eigenvalue weighted by Gasteiger charge is -2.14. The molecule has 0 saturated heterocycles. The van der Waals surface area contributed by atoms with Gasteiger partial charge >= 0.3 is 0 Å². The predicted molar refractivity (Wildman–Crippen MR) is 115 cm³/mol. The minimum atomic E-state index is -0.557. The molecule has 2 aromatic rings. The lowest BCUT2D eigenvalue weighted by molar-refractivity contribution is 0.355. The van der Waals surface area contributed by atoms with Crippen LogP contribution in [0.2, 0.25) is 0 Å². The maximum absolute atomic E-state index is 13.7. The van der Waals surface area contributed by atoms with Crippen LogP contribution in [0.1, 0.15) is 12.5 Å². The van der Waals surface area contributed by atoms with Gasteiger partial charge in [-0.3, -0.25) is 4.99 Å². The van der Waals surface area contributed by atoms with Crippen molar-refractivity contribution in [2.24, 2.45) is 4.99 Å². The first-order chi connectivity index (χ1) is 12.6. The third kappa shape index (κ3) is 6.53. The summed E-state index contributed by atoms with van der Waals surface area (Å²) in [6, 6.07) is 9.22. The minimum Gasteiger partial charge on any atom is -0.493 e. The molecule has 8 heteroatoms. The topological polar surface area (TPSA) is 54.9 Å². The van der Waals surface area contributed by atoms with Crippen molar-refractivity contribution in [2.75, 3.05) is 32.6 Å². The summed E-state index contributed by atoms with van der Waals surface area (Å²) in [6.45, 7) is 2.82. The third-order valence-corrected chi connectivity index (χ3v) is 3.68. The second-order valence-electron chi connectivity index (χ2n) is 5.41. The molecule has 0 saturated carbocycles. The molecule has 0 aliphatic rings. The lowest BCUT2D eigenvalue weighted by Crippen LogP contribution is -2.31. The summed E-state index contributed by atoms with van der Waals surface area (Å²) in [5.74, 6) is 0.601. The molecule has 0 amide bonds. The van der Waals surface area contributed by atoms with Crippen LogP contribution in [-0.4, -0.2) is 33.3 Å². The second kappa shape index (κ2) is 11.6. The monoisotopic (exact) mass is 491 g/mol. The van der Waals surface area contributed by atoms with Gasteiger partial charge in [0, 0.05) is 30.4 Å². The first-order valence-corrected chi connectivity index (χ1v) is 8.29. The molecule has 0 aromatic heterocycles. The number of methoxy groups -OCH3 is 2. The van der Waals surface area contributed by atoms with E-state index in [0.717, 1.165) is 5.69 Å². The van der Waals surface area contributed by atoms with Gasteiger partial charge in [0.2, 0.25) is 0 Å². The summed E-state index contributed by atoms with van der Waals surface area (Å²) in [4.78, 5) is 4.37. The molecule has 0 fully saturated rings. The molecule has 0 radical (unpaired) electrons. The first kappa shape index (κ1) is 22.9. The van der Waals surface area contributed by atoms with Gasteiger partial charge in [0.15, 0.2) is 17.5 Å². The molecular weight excluding hydrogens is 467 g/mol. The normalized spacial score (nSPS) is 10.8. The van der Waals surface area contributed by atoms with E-state index >= 15 is 0 Å². The molecule has 0 spiro atoms. The highest BCUT2D eigenvalue weighted by atomic mass is 127. The number of aliphatic imine (C=N–C) groups is 1. The quantitative estimate of drug-likeness (QED) is 0.346. The zero-order chi connectivity index (χ0) is 18.9. The van der Waals surface area contributed by atoms with Crippen molar-refractivity contribution in [3.05, 3.63) is 53.6 Å². The van der Waals surface area contributed by atoms with Gasteiger partial charge in [0.05, 0.1) is 14.2 Å². The molecule has 148 valence electrons. The standard InChI is InChI=1S/C19H23F2N3O2.HI/c1-4-22-19(23-11-10-14-15(20)6-5-7-16(14)21)24-13-8-9-17(25-2)18(12-13)26-3;/h5-9,12H,4,10-11H2,1-3H3,(H2,22,23,24);1H. The van der Waals surface area contributed by atoms with Gasteiger partial charge < -0.3 is 20.1 Å². The largest absolute Gasteiger partial charge is 0.493 e. The van der Waals surface area contributed by atoms with Crippen LogP contribution in [0.3, 0.4) is 0 Å². The first-order valence-electron chi connectivity index (χ1n) is 8.29. The van der Waals surface area contributed by atoms with Crippen LogP contribution in [0.15, 0.2) is 41.4 Å². The van der Waals surface area contributed by atoms with Crippen LogP contribution in [0, 0.1) is 11.6 Å². The van der Waals surface area contributed by atoms with Crippen molar-refractivity contribution in [2.45, 2.75) is 13.3 Å². The summed E-state index contributed by atoms with van der Waals surface area (Å²) in [7, 11) is 3.13. The summed E-state index contributed by atoms with van der Waals surface area (Å²) in [6.07, 6.45) is 0.168. The Hall–Kier alpha value is -2.10. The van der Waals surface area contributed by atoms with E-state index in [-0.39, 0.29) is 42.5 Å². The highest BCUT2D eigenvalue weighted by Gasteiger charge is 2.09. The smallest absolute Gasteiger partial charge is 0.195 e. The van der Waals surface area contributed by atoms with E-state index in [0.29, 0.717) is 24.0 Å². The fourth-order valence-electron chi connectivity index (χ4n) is 2.41. The Kier molecular flexibility index (Phi) is 9.84. The summed E-state index contributed by atoms with van der Waals surface area (Å²) in [5.41, 5.74) is 0.789. The fraction of sp³-hybridized carbons (Fsp3) is 0.316. The van der Waals surface area contributed by atoms with Crippen molar-refractivity contribution >= 4 is 35.6 Å². The van der Waals surface area contributed by atoms with Gasteiger partial charge in [0.1, 0.15) is 11.6 Å². The molecule has 27 heavy (non-hydrogen) atoms. The number of benzene rings is 2. The second-order valence-corrected chi connectivity index (χ2v) is 5.41. The van der Waals surface area contributed by atoms with Gasteiger partial charge in [-0.25, -0.2) is 8.78 Å². The maximum Gasteiger partial charge on any atom is 0.195 e. The number of nitrogens with one attached hydrogen (secondary N) is 2. The fourth-order valence-corrected chi connectivity index (χ4v) is 2.41. The Bertz CT molecular complexity index is 752. The number of guanidine groups is 1. The molecule has 0 atom stereocenters. The van der Waals surface area contributed by atoms with Crippen molar-refractivity contribution in [3.8, 4) is 11.5 Å². The van der Waals surface area contributed by atoms with E-state index in [1.165, 1.54) is 18.2 Å². The van der Waals surface area contributed by atoms with Crippen molar-refractivity contribution in [1.29, 1.82) is 0 Å². The molecule has 2 rings (SSSR count). The predicted octanol–water partition coefficient (Wildman–Crippen LogP) is 4.22. The van der Waals surface area contributed by atoms with E-state index < -0.39 is 11.6 Å². The lowest BCUT2D eigenvalue weighted by atomic mass is 10.1. The molecule has 0 aliphatic carbocycles. The van der Waals surface area contributed by atoms with E-state index in [2.05, 4.69) is 15.6 Å². The zero-order valence-electron chi connectivity index (χ0n) is 15.5. The molecular formula is C19H24F2IN3O2. The highest BCUT2D eigenvalue weighted by Crippen LogP contribution is 2.29. The number of anilines is 1. The number of hydrogen-bond donors (Lipinski definition) is 2. The zero-order valence-corrected chi connectivity index (χ0v) is 17.8. The molecule has 5 nitrogen and oxygen atoms in total. The van der Waals surface area contributed by atoms with E-state index in [1.54, 1.807) is 26.4 Å². The summed E-state index contributed by atoms with van der Waals surface area (Å²) in [5, 5.41) is 6.23. The molecule has 0 aliphatic heterocycles. The molecule has 0 unspecified atom stereocenters. The molecule has 2 aromatic carbocycles. The van der Waals surface area contributed by atoms with Gasteiger partial charge in [-0.05, 0) is 37.6 Å². The van der Waals surface area contributed by atoms with Crippen LogP contribution in [-0.2, 0) is 6.42 Å². The summed E-state index contributed by atoms with van der Waals surface area (Å²) < 4.78 is 37.8. The van der Waals surface area contributed by atoms with Crippen molar-refractivity contribution in [1.82, 2.24) is 5.32 Å². The van der Waals surface area contributed by atoms with Crippen LogP contribution in [0.5, 0.6) is 11.5 Å². The average Bonchev–Trinajstić information content (AvgIpc) is 2.64. The van der Waals surface area contributed by atoms with Crippen molar-refractivity contribution < 1.29 is 18.3 Å². The van der Waals surface area contributed by atoms with Crippen LogP contribution in [0.4, 0.5) is 14.5 Å². The van der Waals surface area contributed by atoms with E-state index in [9.17, 15) is 8.78 Å². The number of ether oxygens (including phenoxy) is 2. The Balaban J connectivity index is 0.00000364. The highest BCUT2D eigenvalue weighted by molar-refractivity contribution is 14.0. The van der Waals surface area contributed by atoms with Gasteiger partial charge in [-0.15, -0.1) is 24.0 Å².